The molecule has 7 nitrogen and oxygen atoms in total. The minimum atomic E-state index is -1.34. The van der Waals surface area contributed by atoms with E-state index in [0.717, 1.165) is 4.57 Å². The Hall–Kier alpha value is -2.03. The second-order valence-electron chi connectivity index (χ2n) is 4.24. The lowest BCUT2D eigenvalue weighted by Crippen LogP contribution is -2.29. The Morgan fingerprint density at radius 2 is 2.35 bits per heavy atom. The Labute approximate surface area is 113 Å². The highest BCUT2D eigenvalue weighted by Gasteiger charge is 2.40. The fraction of sp³-hybridized carbons (Fsp3) is 0.333. The standard InChI is InChI=1S/C12H14FN3O4/c1-2-6-4-16(12(19)15-10(6)14)11-7(3-13)9(18)8(5-17)20-11/h2-4,8-9,11,17-18H,1,5H2,(H2,14,15,19). The van der Waals surface area contributed by atoms with E-state index in [2.05, 4.69) is 11.6 Å². The average Bonchev–Trinajstić information content (AvgIpc) is 2.75. The van der Waals surface area contributed by atoms with E-state index in [9.17, 15) is 14.3 Å². The zero-order chi connectivity index (χ0) is 14.9. The molecule has 108 valence electrons. The smallest absolute Gasteiger partial charge is 0.351 e. The highest BCUT2D eigenvalue weighted by atomic mass is 19.1. The van der Waals surface area contributed by atoms with Gasteiger partial charge < -0.3 is 20.7 Å². The van der Waals surface area contributed by atoms with Crippen LogP contribution in [-0.4, -0.2) is 38.6 Å². The predicted octanol–water partition coefficient (Wildman–Crippen LogP) is -0.428. The lowest BCUT2D eigenvalue weighted by Gasteiger charge is -2.15. The largest absolute Gasteiger partial charge is 0.394 e. The summed E-state index contributed by atoms with van der Waals surface area (Å²) in [5, 5.41) is 18.8. The fourth-order valence-corrected chi connectivity index (χ4v) is 1.99. The summed E-state index contributed by atoms with van der Waals surface area (Å²) in [4.78, 5) is 15.4. The number of nitrogen functional groups attached to an aromatic ring is 1. The van der Waals surface area contributed by atoms with Gasteiger partial charge in [-0.3, -0.25) is 4.57 Å². The highest BCUT2D eigenvalue weighted by molar-refractivity contribution is 5.58. The van der Waals surface area contributed by atoms with E-state index in [1.54, 1.807) is 0 Å². The van der Waals surface area contributed by atoms with Gasteiger partial charge in [0.25, 0.3) is 0 Å². The number of ether oxygens (including phenoxy) is 1. The summed E-state index contributed by atoms with van der Waals surface area (Å²) >= 11 is 0. The minimum absolute atomic E-state index is 0.00992. The molecule has 2 heterocycles. The number of hydrogen-bond donors (Lipinski definition) is 3. The lowest BCUT2D eigenvalue weighted by molar-refractivity contribution is -0.0447. The number of hydrogen-bond acceptors (Lipinski definition) is 6. The number of anilines is 1. The van der Waals surface area contributed by atoms with Gasteiger partial charge in [-0.05, 0) is 0 Å². The third-order valence-electron chi connectivity index (χ3n) is 3.07. The molecule has 2 rings (SSSR count). The number of nitrogens with zero attached hydrogens (tertiary/aromatic N) is 2. The van der Waals surface area contributed by atoms with Gasteiger partial charge in [0.15, 0.2) is 6.23 Å². The summed E-state index contributed by atoms with van der Waals surface area (Å²) in [6, 6.07) is 0. The van der Waals surface area contributed by atoms with Crippen molar-refractivity contribution in [1.82, 2.24) is 9.55 Å². The van der Waals surface area contributed by atoms with Crippen LogP contribution in [0, 0.1) is 0 Å². The summed E-state index contributed by atoms with van der Waals surface area (Å²) in [5.74, 6) is -0.00992. The molecule has 3 atom stereocenters. The Balaban J connectivity index is 2.51. The molecule has 1 fully saturated rings. The van der Waals surface area contributed by atoms with E-state index >= 15 is 0 Å². The van der Waals surface area contributed by atoms with Gasteiger partial charge in [0, 0.05) is 17.3 Å². The number of halogens is 1. The molecule has 0 radical (unpaired) electrons. The van der Waals surface area contributed by atoms with Gasteiger partial charge >= 0.3 is 5.69 Å². The molecule has 0 bridgehead atoms. The van der Waals surface area contributed by atoms with Gasteiger partial charge in [0.2, 0.25) is 0 Å². The molecule has 20 heavy (non-hydrogen) atoms. The molecule has 1 aromatic rings. The highest BCUT2D eigenvalue weighted by Crippen LogP contribution is 2.33. The fourth-order valence-electron chi connectivity index (χ4n) is 1.99. The van der Waals surface area contributed by atoms with Gasteiger partial charge in [0.1, 0.15) is 18.0 Å². The normalized spacial score (nSPS) is 27.9. The van der Waals surface area contributed by atoms with E-state index in [-0.39, 0.29) is 17.7 Å². The van der Waals surface area contributed by atoms with E-state index in [0.29, 0.717) is 5.56 Å². The minimum Gasteiger partial charge on any atom is -0.394 e. The van der Waals surface area contributed by atoms with Gasteiger partial charge in [0.05, 0.1) is 12.9 Å². The average molecular weight is 283 g/mol. The molecule has 8 heteroatoms. The Bertz CT molecular complexity index is 613. The van der Waals surface area contributed by atoms with Crippen LogP contribution in [0.4, 0.5) is 10.2 Å². The van der Waals surface area contributed by atoms with Crippen LogP contribution in [0.25, 0.3) is 6.08 Å². The maximum atomic E-state index is 12.9. The van der Waals surface area contributed by atoms with Crippen molar-refractivity contribution in [3.8, 4) is 0 Å². The van der Waals surface area contributed by atoms with Crippen molar-refractivity contribution < 1.29 is 19.3 Å². The number of aliphatic hydroxyl groups excluding tert-OH is 2. The predicted molar refractivity (Wildman–Crippen MR) is 69.2 cm³/mol. The quantitative estimate of drug-likeness (QED) is 0.694. The first-order valence-electron chi connectivity index (χ1n) is 5.79. The number of aromatic nitrogens is 2. The molecule has 1 aromatic heterocycles. The lowest BCUT2D eigenvalue weighted by atomic mass is 10.1. The third-order valence-corrected chi connectivity index (χ3v) is 3.07. The van der Waals surface area contributed by atoms with Crippen molar-refractivity contribution in [1.29, 1.82) is 0 Å². The molecule has 0 spiro atoms. The second-order valence-corrected chi connectivity index (χ2v) is 4.24. The van der Waals surface area contributed by atoms with Gasteiger partial charge in [-0.2, -0.15) is 4.98 Å². The Morgan fingerprint density at radius 3 is 2.90 bits per heavy atom. The van der Waals surface area contributed by atoms with Crippen molar-refractivity contribution in [3.63, 3.8) is 0 Å². The molecule has 1 aliphatic rings. The van der Waals surface area contributed by atoms with Crippen molar-refractivity contribution in [2.24, 2.45) is 0 Å². The molecule has 0 saturated carbocycles. The Kier molecular flexibility index (Phi) is 3.98. The summed E-state index contributed by atoms with van der Waals surface area (Å²) in [7, 11) is 0. The van der Waals surface area contributed by atoms with E-state index in [1.165, 1.54) is 12.3 Å². The topological polar surface area (TPSA) is 111 Å². The van der Waals surface area contributed by atoms with Crippen molar-refractivity contribution >= 4 is 11.9 Å². The zero-order valence-corrected chi connectivity index (χ0v) is 10.4. The van der Waals surface area contributed by atoms with Gasteiger partial charge in [-0.15, -0.1) is 0 Å². The molecule has 1 aliphatic heterocycles. The molecular formula is C12H14FN3O4. The molecule has 0 aliphatic carbocycles. The molecule has 0 aromatic carbocycles. The van der Waals surface area contributed by atoms with Crippen LogP contribution in [0.1, 0.15) is 11.8 Å². The van der Waals surface area contributed by atoms with Crippen molar-refractivity contribution in [3.05, 3.63) is 40.7 Å². The van der Waals surface area contributed by atoms with E-state index in [4.69, 9.17) is 15.6 Å². The van der Waals surface area contributed by atoms with Gasteiger partial charge in [-0.1, -0.05) is 12.7 Å². The SMILES string of the molecule is C=Cc1cn(C2OC(CO)C(O)C2=CF)c(=O)nc1N. The number of nitrogens with two attached hydrogens (primary N) is 1. The first-order valence-corrected chi connectivity index (χ1v) is 5.79. The summed E-state index contributed by atoms with van der Waals surface area (Å²) < 4.78 is 19.2. The molecule has 1 saturated heterocycles. The van der Waals surface area contributed by atoms with Crippen LogP contribution >= 0.6 is 0 Å². The van der Waals surface area contributed by atoms with Crippen molar-refractivity contribution in [2.45, 2.75) is 18.4 Å². The van der Waals surface area contributed by atoms with Crippen LogP contribution in [0.3, 0.4) is 0 Å². The van der Waals surface area contributed by atoms with Crippen LogP contribution in [0.2, 0.25) is 0 Å². The third kappa shape index (κ3) is 2.24. The summed E-state index contributed by atoms with van der Waals surface area (Å²) in [6.45, 7) is 3.01. The first kappa shape index (κ1) is 14.4. The van der Waals surface area contributed by atoms with Crippen LogP contribution in [0.15, 0.2) is 29.5 Å². The van der Waals surface area contributed by atoms with Gasteiger partial charge in [-0.25, -0.2) is 9.18 Å². The number of rotatable bonds is 3. The maximum absolute atomic E-state index is 12.9. The van der Waals surface area contributed by atoms with E-state index in [1.807, 2.05) is 0 Å². The zero-order valence-electron chi connectivity index (χ0n) is 10.4. The Morgan fingerprint density at radius 1 is 1.65 bits per heavy atom. The monoisotopic (exact) mass is 283 g/mol. The summed E-state index contributed by atoms with van der Waals surface area (Å²) in [6.07, 6.45) is -0.706. The van der Waals surface area contributed by atoms with Crippen LogP contribution < -0.4 is 11.4 Å². The van der Waals surface area contributed by atoms with Crippen molar-refractivity contribution in [2.75, 3.05) is 12.3 Å². The summed E-state index contributed by atoms with van der Waals surface area (Å²) in [5.41, 5.74) is 4.97. The molecule has 4 N–H and O–H groups in total. The van der Waals surface area contributed by atoms with Crippen LogP contribution in [0.5, 0.6) is 0 Å². The van der Waals surface area contributed by atoms with Crippen LogP contribution in [-0.2, 0) is 4.74 Å². The number of aliphatic hydroxyl groups is 2. The molecular weight excluding hydrogens is 269 g/mol. The maximum Gasteiger partial charge on any atom is 0.351 e. The molecule has 0 amide bonds. The van der Waals surface area contributed by atoms with E-state index < -0.39 is 30.7 Å². The second kappa shape index (κ2) is 5.53. The first-order chi connectivity index (χ1) is 9.53. The molecule has 3 unspecified atom stereocenters.